The second-order valence-corrected chi connectivity index (χ2v) is 4.82. The topological polar surface area (TPSA) is 69.3 Å². The number of hydrogen-bond donors (Lipinski definition) is 0. The number of aldehydes is 1. The van der Waals surface area contributed by atoms with E-state index in [0.717, 1.165) is 12.1 Å². The van der Waals surface area contributed by atoms with Crippen molar-refractivity contribution in [1.82, 2.24) is 4.57 Å². The molecule has 0 aliphatic heterocycles. The predicted octanol–water partition coefficient (Wildman–Crippen LogP) is 1.82. The van der Waals surface area contributed by atoms with Gasteiger partial charge in [-0.2, -0.15) is 0 Å². The Labute approximate surface area is 114 Å². The van der Waals surface area contributed by atoms with Crippen LogP contribution in [0.4, 0.5) is 0 Å². The monoisotopic (exact) mass is 271 g/mol. The molecule has 2 aromatic heterocycles. The van der Waals surface area contributed by atoms with Gasteiger partial charge in [0.1, 0.15) is 5.76 Å². The van der Waals surface area contributed by atoms with Gasteiger partial charge in [0.25, 0.3) is 5.56 Å². The van der Waals surface area contributed by atoms with Gasteiger partial charge in [-0.15, -0.1) is 0 Å². The average Bonchev–Trinajstić information content (AvgIpc) is 2.90. The zero-order chi connectivity index (χ0) is 14.1. The molecule has 0 aromatic carbocycles. The van der Waals surface area contributed by atoms with Crippen molar-refractivity contribution < 1.29 is 14.0 Å². The SMILES string of the molecule is O=Cc1ccc(Cn2c3c(ccc2=O)C(=O)CCC3)o1. The molecular formula is C15H13NO4. The average molecular weight is 271 g/mol. The lowest BCUT2D eigenvalue weighted by Gasteiger charge is -2.19. The molecule has 1 aliphatic carbocycles. The van der Waals surface area contributed by atoms with E-state index in [1.807, 2.05) is 0 Å². The molecule has 0 fully saturated rings. The Kier molecular flexibility index (Phi) is 3.10. The fourth-order valence-corrected chi connectivity index (χ4v) is 2.57. The molecule has 2 aromatic rings. The second kappa shape index (κ2) is 4.92. The summed E-state index contributed by atoms with van der Waals surface area (Å²) in [5, 5.41) is 0. The highest BCUT2D eigenvalue weighted by Gasteiger charge is 2.21. The van der Waals surface area contributed by atoms with Gasteiger partial charge in [-0.05, 0) is 31.0 Å². The Balaban J connectivity index is 2.04. The highest BCUT2D eigenvalue weighted by Crippen LogP contribution is 2.20. The molecule has 102 valence electrons. The van der Waals surface area contributed by atoms with Gasteiger partial charge in [0, 0.05) is 23.7 Å². The zero-order valence-corrected chi connectivity index (χ0v) is 10.8. The largest absolute Gasteiger partial charge is 0.456 e. The highest BCUT2D eigenvalue weighted by molar-refractivity contribution is 5.97. The number of hydrogen-bond acceptors (Lipinski definition) is 4. The van der Waals surface area contributed by atoms with Crippen LogP contribution in [0, 0.1) is 0 Å². The number of carbonyl (C=O) groups is 2. The van der Waals surface area contributed by atoms with Crippen molar-refractivity contribution in [2.75, 3.05) is 0 Å². The van der Waals surface area contributed by atoms with Crippen molar-refractivity contribution in [2.24, 2.45) is 0 Å². The molecule has 0 N–H and O–H groups in total. The number of nitrogens with zero attached hydrogens (tertiary/aromatic N) is 1. The van der Waals surface area contributed by atoms with Gasteiger partial charge in [0.2, 0.25) is 0 Å². The van der Waals surface area contributed by atoms with Crippen molar-refractivity contribution >= 4 is 12.1 Å². The molecule has 0 saturated heterocycles. The minimum absolute atomic E-state index is 0.0769. The number of fused-ring (bicyclic) bond motifs is 1. The number of ketones is 1. The maximum Gasteiger partial charge on any atom is 0.251 e. The van der Waals surface area contributed by atoms with Crippen molar-refractivity contribution in [2.45, 2.75) is 25.8 Å². The third-order valence-electron chi connectivity index (χ3n) is 3.53. The van der Waals surface area contributed by atoms with Crippen molar-refractivity contribution in [3.8, 4) is 0 Å². The van der Waals surface area contributed by atoms with Gasteiger partial charge in [0.05, 0.1) is 6.54 Å². The number of pyridine rings is 1. The van der Waals surface area contributed by atoms with E-state index in [1.165, 1.54) is 6.07 Å². The molecule has 0 bridgehead atoms. The molecule has 1 aliphatic rings. The van der Waals surface area contributed by atoms with E-state index in [4.69, 9.17) is 4.42 Å². The second-order valence-electron chi connectivity index (χ2n) is 4.82. The molecule has 0 atom stereocenters. The fraction of sp³-hybridized carbons (Fsp3) is 0.267. The Hall–Kier alpha value is -2.43. The van der Waals surface area contributed by atoms with Gasteiger partial charge in [-0.25, -0.2) is 0 Å². The van der Waals surface area contributed by atoms with Crippen molar-refractivity contribution in [1.29, 1.82) is 0 Å². The van der Waals surface area contributed by atoms with E-state index in [-0.39, 0.29) is 23.6 Å². The molecule has 3 rings (SSSR count). The lowest BCUT2D eigenvalue weighted by atomic mass is 9.94. The quantitative estimate of drug-likeness (QED) is 0.798. The van der Waals surface area contributed by atoms with Crippen LogP contribution in [0.25, 0.3) is 0 Å². The standard InChI is InChI=1S/C15H13NO4/c17-9-11-5-4-10(20-11)8-16-13-2-1-3-14(18)12(13)6-7-15(16)19/h4-7,9H,1-3,8H2. The number of furan rings is 1. The van der Waals surface area contributed by atoms with Gasteiger partial charge >= 0.3 is 0 Å². The van der Waals surface area contributed by atoms with Gasteiger partial charge in [-0.1, -0.05) is 0 Å². The maximum absolute atomic E-state index is 12.0. The molecule has 5 heteroatoms. The number of aromatic nitrogens is 1. The third kappa shape index (κ3) is 2.11. The highest BCUT2D eigenvalue weighted by atomic mass is 16.3. The zero-order valence-electron chi connectivity index (χ0n) is 10.8. The Morgan fingerprint density at radius 3 is 2.75 bits per heavy atom. The molecule has 0 amide bonds. The van der Waals surface area contributed by atoms with E-state index in [1.54, 1.807) is 22.8 Å². The molecule has 0 saturated carbocycles. The smallest absolute Gasteiger partial charge is 0.251 e. The summed E-state index contributed by atoms with van der Waals surface area (Å²) >= 11 is 0. The number of Topliss-reactive ketones (excluding diaryl/α,β-unsaturated/α-hetero) is 1. The van der Waals surface area contributed by atoms with E-state index >= 15 is 0 Å². The van der Waals surface area contributed by atoms with Crippen molar-refractivity contribution in [3.05, 3.63) is 57.4 Å². The van der Waals surface area contributed by atoms with Gasteiger partial charge < -0.3 is 8.98 Å². The first kappa shape index (κ1) is 12.6. The Morgan fingerprint density at radius 2 is 2.00 bits per heavy atom. The summed E-state index contributed by atoms with van der Waals surface area (Å²) in [7, 11) is 0. The van der Waals surface area contributed by atoms with E-state index in [2.05, 4.69) is 0 Å². The first-order chi connectivity index (χ1) is 9.69. The third-order valence-corrected chi connectivity index (χ3v) is 3.53. The first-order valence-corrected chi connectivity index (χ1v) is 6.49. The van der Waals surface area contributed by atoms with Crippen LogP contribution >= 0.6 is 0 Å². The maximum atomic E-state index is 12.0. The minimum Gasteiger partial charge on any atom is -0.456 e. The van der Waals surface area contributed by atoms with Gasteiger partial charge in [0.15, 0.2) is 17.8 Å². The molecule has 0 spiro atoms. The van der Waals surface area contributed by atoms with Crippen LogP contribution < -0.4 is 5.56 Å². The van der Waals surface area contributed by atoms with Crippen molar-refractivity contribution in [3.63, 3.8) is 0 Å². The summed E-state index contributed by atoms with van der Waals surface area (Å²) in [5.41, 5.74) is 1.22. The molecule has 2 heterocycles. The molecule has 20 heavy (non-hydrogen) atoms. The first-order valence-electron chi connectivity index (χ1n) is 6.49. The number of carbonyl (C=O) groups excluding carboxylic acids is 2. The molecule has 5 nitrogen and oxygen atoms in total. The summed E-state index contributed by atoms with van der Waals surface area (Å²) < 4.78 is 6.85. The van der Waals surface area contributed by atoms with Gasteiger partial charge in [-0.3, -0.25) is 14.4 Å². The van der Waals surface area contributed by atoms with Crippen LogP contribution in [0.1, 0.15) is 45.2 Å². The van der Waals surface area contributed by atoms with Crippen LogP contribution in [-0.4, -0.2) is 16.6 Å². The summed E-state index contributed by atoms with van der Waals surface area (Å²) in [5.74, 6) is 0.836. The Morgan fingerprint density at radius 1 is 1.15 bits per heavy atom. The fourth-order valence-electron chi connectivity index (χ4n) is 2.57. The van der Waals surface area contributed by atoms with Crippen LogP contribution in [0.2, 0.25) is 0 Å². The van der Waals surface area contributed by atoms with Crippen LogP contribution in [0.5, 0.6) is 0 Å². The lowest BCUT2D eigenvalue weighted by molar-refractivity contribution is 0.0970. The minimum atomic E-state index is -0.164. The van der Waals surface area contributed by atoms with E-state index in [9.17, 15) is 14.4 Å². The molecule has 0 radical (unpaired) electrons. The Bertz CT molecular complexity index is 739. The summed E-state index contributed by atoms with van der Waals surface area (Å²) in [4.78, 5) is 34.5. The van der Waals surface area contributed by atoms with Crippen LogP contribution in [0.15, 0.2) is 33.5 Å². The lowest BCUT2D eigenvalue weighted by Crippen LogP contribution is -2.28. The van der Waals surface area contributed by atoms with Crippen LogP contribution in [-0.2, 0) is 13.0 Å². The molecule has 0 unspecified atom stereocenters. The summed E-state index contributed by atoms with van der Waals surface area (Å²) in [6.45, 7) is 0.239. The van der Waals surface area contributed by atoms with Crippen LogP contribution in [0.3, 0.4) is 0 Å². The molecular weight excluding hydrogens is 258 g/mol. The normalized spacial score (nSPS) is 14.1. The number of rotatable bonds is 3. The van der Waals surface area contributed by atoms with E-state index in [0.29, 0.717) is 30.5 Å². The van der Waals surface area contributed by atoms with E-state index < -0.39 is 0 Å². The summed E-state index contributed by atoms with van der Waals surface area (Å²) in [6.07, 6.45) is 2.61. The summed E-state index contributed by atoms with van der Waals surface area (Å²) in [6, 6.07) is 6.24. The predicted molar refractivity (Wildman–Crippen MR) is 71.2 cm³/mol.